The molecule has 6 N–H and O–H groups in total. The highest BCUT2D eigenvalue weighted by atomic mass is 15.3. The third kappa shape index (κ3) is 3.29. The van der Waals surface area contributed by atoms with Crippen LogP contribution in [0.25, 0.3) is 33.8 Å². The van der Waals surface area contributed by atoms with E-state index in [1.165, 1.54) is 11.0 Å². The lowest BCUT2D eigenvalue weighted by Crippen LogP contribution is -2.40. The highest BCUT2D eigenvalue weighted by molar-refractivity contribution is 5.89. The number of imidazole rings is 1. The summed E-state index contributed by atoms with van der Waals surface area (Å²) in [7, 11) is 0. The van der Waals surface area contributed by atoms with Crippen LogP contribution in [0.1, 0.15) is 12.8 Å². The molecule has 3 aromatic heterocycles. The Morgan fingerprint density at radius 3 is 2.53 bits per heavy atom. The maximum atomic E-state index is 6.04. The van der Waals surface area contributed by atoms with Crippen LogP contribution in [-0.4, -0.2) is 43.7 Å². The number of hydrogen-bond acceptors (Lipinski definition) is 8. The number of piperidine rings is 1. The lowest BCUT2D eigenvalue weighted by atomic mass is 10.1. The van der Waals surface area contributed by atoms with Crippen LogP contribution in [0.3, 0.4) is 0 Å². The summed E-state index contributed by atoms with van der Waals surface area (Å²) >= 11 is 0. The van der Waals surface area contributed by atoms with Gasteiger partial charge in [0.1, 0.15) is 23.4 Å². The van der Waals surface area contributed by atoms with Gasteiger partial charge in [0.2, 0.25) is 0 Å². The first-order valence-corrected chi connectivity index (χ1v) is 9.91. The zero-order chi connectivity index (χ0) is 20.7. The van der Waals surface area contributed by atoms with Crippen LogP contribution < -0.4 is 22.2 Å². The lowest BCUT2D eigenvalue weighted by Gasteiger charge is -2.31. The second kappa shape index (κ2) is 7.27. The standard InChI is InChI=1S/C21H23N9/c22-15-6-8-29(9-7-15)17-5-4-14(11-25-17)18-19-21(30(24)12-26-19)28-20(27-18)13-2-1-3-16(23)10-13/h1-5,10-12,15H,6-9,22-24H2. The van der Waals surface area contributed by atoms with Crippen molar-refractivity contribution in [1.29, 1.82) is 0 Å². The van der Waals surface area contributed by atoms with E-state index < -0.39 is 0 Å². The van der Waals surface area contributed by atoms with Gasteiger partial charge in [0.05, 0.1) is 0 Å². The molecule has 0 spiro atoms. The van der Waals surface area contributed by atoms with E-state index in [0.717, 1.165) is 42.9 Å². The van der Waals surface area contributed by atoms with E-state index in [2.05, 4.69) is 19.9 Å². The summed E-state index contributed by atoms with van der Waals surface area (Å²) in [6.45, 7) is 1.84. The van der Waals surface area contributed by atoms with Crippen molar-refractivity contribution in [2.75, 3.05) is 29.6 Å². The molecule has 30 heavy (non-hydrogen) atoms. The van der Waals surface area contributed by atoms with Crippen LogP contribution in [0.15, 0.2) is 48.9 Å². The topological polar surface area (TPSA) is 138 Å². The fraction of sp³-hybridized carbons (Fsp3) is 0.238. The fourth-order valence-electron chi connectivity index (χ4n) is 3.77. The Hall–Kier alpha value is -3.72. The van der Waals surface area contributed by atoms with Crippen molar-refractivity contribution in [2.45, 2.75) is 18.9 Å². The molecule has 1 fully saturated rings. The Morgan fingerprint density at radius 1 is 0.967 bits per heavy atom. The van der Waals surface area contributed by atoms with Crippen LogP contribution >= 0.6 is 0 Å². The Morgan fingerprint density at radius 2 is 1.80 bits per heavy atom. The van der Waals surface area contributed by atoms with E-state index in [1.54, 1.807) is 0 Å². The average molecular weight is 401 g/mol. The van der Waals surface area contributed by atoms with Gasteiger partial charge in [-0.3, -0.25) is 0 Å². The van der Waals surface area contributed by atoms with Gasteiger partial charge in [-0.05, 0) is 37.1 Å². The van der Waals surface area contributed by atoms with Crippen molar-refractivity contribution < 1.29 is 0 Å². The molecule has 1 saturated heterocycles. The molecule has 9 nitrogen and oxygen atoms in total. The summed E-state index contributed by atoms with van der Waals surface area (Å²) in [6, 6.07) is 11.8. The first kappa shape index (κ1) is 18.3. The van der Waals surface area contributed by atoms with E-state index in [1.807, 2.05) is 42.6 Å². The maximum Gasteiger partial charge on any atom is 0.183 e. The van der Waals surface area contributed by atoms with Crippen molar-refractivity contribution >= 4 is 22.7 Å². The molecule has 0 bridgehead atoms. The summed E-state index contributed by atoms with van der Waals surface area (Å²) in [6.07, 6.45) is 5.32. The molecule has 9 heteroatoms. The van der Waals surface area contributed by atoms with E-state index in [4.69, 9.17) is 22.3 Å². The number of benzene rings is 1. The Kier molecular flexibility index (Phi) is 4.44. The molecule has 1 aliphatic heterocycles. The van der Waals surface area contributed by atoms with Crippen LogP contribution in [0, 0.1) is 0 Å². The number of nitrogen functional groups attached to an aromatic ring is 2. The van der Waals surface area contributed by atoms with E-state index >= 15 is 0 Å². The molecule has 0 aliphatic carbocycles. The number of anilines is 2. The molecule has 0 amide bonds. The highest BCUT2D eigenvalue weighted by Crippen LogP contribution is 2.29. The monoisotopic (exact) mass is 401 g/mol. The van der Waals surface area contributed by atoms with Gasteiger partial charge >= 0.3 is 0 Å². The van der Waals surface area contributed by atoms with Gasteiger partial charge < -0.3 is 22.2 Å². The normalized spacial score (nSPS) is 15.0. The van der Waals surface area contributed by atoms with Crippen LogP contribution in [0.5, 0.6) is 0 Å². The third-order valence-corrected chi connectivity index (χ3v) is 5.45. The van der Waals surface area contributed by atoms with Crippen LogP contribution in [0.4, 0.5) is 11.5 Å². The maximum absolute atomic E-state index is 6.04. The largest absolute Gasteiger partial charge is 0.399 e. The van der Waals surface area contributed by atoms with Crippen LogP contribution in [0.2, 0.25) is 0 Å². The smallest absolute Gasteiger partial charge is 0.183 e. The van der Waals surface area contributed by atoms with Gasteiger partial charge in [0.15, 0.2) is 11.5 Å². The quantitative estimate of drug-likeness (QED) is 0.349. The number of fused-ring (bicyclic) bond motifs is 1. The minimum Gasteiger partial charge on any atom is -0.399 e. The molecule has 152 valence electrons. The molecule has 4 aromatic rings. The Labute approximate surface area is 173 Å². The van der Waals surface area contributed by atoms with Gasteiger partial charge in [0.25, 0.3) is 0 Å². The summed E-state index contributed by atoms with van der Waals surface area (Å²) in [5.41, 5.74) is 16.1. The Balaban J connectivity index is 1.56. The van der Waals surface area contributed by atoms with Crippen molar-refractivity contribution in [3.63, 3.8) is 0 Å². The van der Waals surface area contributed by atoms with Gasteiger partial charge in [-0.1, -0.05) is 12.1 Å². The molecule has 5 rings (SSSR count). The number of hydrogen-bond donors (Lipinski definition) is 3. The summed E-state index contributed by atoms with van der Waals surface area (Å²) in [5, 5.41) is 0. The van der Waals surface area contributed by atoms with Gasteiger partial charge in [0, 0.05) is 42.1 Å². The SMILES string of the molecule is Nc1cccc(-c2nc(-c3ccc(N4CCC(N)CC4)nc3)c3ncn(N)c3n2)c1. The number of rotatable bonds is 3. The summed E-state index contributed by atoms with van der Waals surface area (Å²) in [5.74, 6) is 7.51. The summed E-state index contributed by atoms with van der Waals surface area (Å²) in [4.78, 5) is 20.7. The van der Waals surface area contributed by atoms with Gasteiger partial charge in [-0.2, -0.15) is 0 Å². The van der Waals surface area contributed by atoms with Crippen LogP contribution in [-0.2, 0) is 0 Å². The zero-order valence-corrected chi connectivity index (χ0v) is 16.4. The number of nitrogens with zero attached hydrogens (tertiary/aromatic N) is 6. The molecule has 1 aliphatic rings. The second-order valence-corrected chi connectivity index (χ2v) is 7.57. The van der Waals surface area contributed by atoms with E-state index in [-0.39, 0.29) is 6.04 Å². The Bertz CT molecular complexity index is 1190. The number of pyridine rings is 1. The van der Waals surface area contributed by atoms with Crippen molar-refractivity contribution in [1.82, 2.24) is 24.6 Å². The molecule has 0 saturated carbocycles. The molecule has 4 heterocycles. The third-order valence-electron chi connectivity index (χ3n) is 5.45. The molecular formula is C21H23N9. The predicted octanol–water partition coefficient (Wildman–Crippen LogP) is 1.78. The molecule has 0 atom stereocenters. The fourth-order valence-corrected chi connectivity index (χ4v) is 3.77. The molecule has 1 aromatic carbocycles. The number of aromatic nitrogens is 5. The molecular weight excluding hydrogens is 378 g/mol. The first-order valence-electron chi connectivity index (χ1n) is 9.91. The predicted molar refractivity (Wildman–Crippen MR) is 118 cm³/mol. The molecule has 0 radical (unpaired) electrons. The van der Waals surface area contributed by atoms with E-state index in [0.29, 0.717) is 28.4 Å². The van der Waals surface area contributed by atoms with Crippen molar-refractivity contribution in [3.05, 3.63) is 48.9 Å². The van der Waals surface area contributed by atoms with Crippen molar-refractivity contribution in [2.24, 2.45) is 5.73 Å². The first-order chi connectivity index (χ1) is 14.6. The highest BCUT2D eigenvalue weighted by Gasteiger charge is 2.19. The minimum absolute atomic E-state index is 0.284. The van der Waals surface area contributed by atoms with E-state index in [9.17, 15) is 0 Å². The van der Waals surface area contributed by atoms with Crippen molar-refractivity contribution in [3.8, 4) is 22.6 Å². The molecule has 0 unspecified atom stereocenters. The van der Waals surface area contributed by atoms with Gasteiger partial charge in [-0.15, -0.1) is 0 Å². The second-order valence-electron chi connectivity index (χ2n) is 7.57. The average Bonchev–Trinajstić information content (AvgIpc) is 3.15. The zero-order valence-electron chi connectivity index (χ0n) is 16.4. The van der Waals surface area contributed by atoms with Gasteiger partial charge in [-0.25, -0.2) is 24.6 Å². The number of nitrogens with two attached hydrogens (primary N) is 3. The lowest BCUT2D eigenvalue weighted by molar-refractivity contribution is 0.498. The minimum atomic E-state index is 0.284. The summed E-state index contributed by atoms with van der Waals surface area (Å²) < 4.78 is 1.40.